The minimum Gasteiger partial charge on any atom is -0.198 e. The van der Waals surface area contributed by atoms with Crippen molar-refractivity contribution in [3.05, 3.63) is 36.5 Å². The van der Waals surface area contributed by atoms with Crippen LogP contribution in [0.5, 0.6) is 0 Å². The molecule has 0 fully saturated rings. The third-order valence-electron chi connectivity index (χ3n) is 1.57. The number of rotatable bonds is 6. The first-order chi connectivity index (χ1) is 6.41. The molecule has 0 saturated heterocycles. The van der Waals surface area contributed by atoms with Gasteiger partial charge in [0.1, 0.15) is 0 Å². The van der Waals surface area contributed by atoms with Crippen molar-refractivity contribution in [3.8, 4) is 6.07 Å². The topological polar surface area (TPSA) is 23.8 Å². The van der Waals surface area contributed by atoms with Crippen LogP contribution in [-0.2, 0) is 0 Å². The molecule has 0 aromatic carbocycles. The Morgan fingerprint density at radius 2 is 1.85 bits per heavy atom. The molecule has 0 heterocycles. The van der Waals surface area contributed by atoms with E-state index in [1.54, 1.807) is 0 Å². The van der Waals surface area contributed by atoms with Gasteiger partial charge in [-0.25, -0.2) is 0 Å². The predicted octanol–water partition coefficient (Wildman–Crippen LogP) is 3.76. The van der Waals surface area contributed by atoms with Crippen LogP contribution >= 0.6 is 0 Å². The summed E-state index contributed by atoms with van der Waals surface area (Å²) in [5.41, 5.74) is 0. The van der Waals surface area contributed by atoms with Crippen LogP contribution in [0.2, 0.25) is 0 Å². The van der Waals surface area contributed by atoms with Crippen molar-refractivity contribution < 1.29 is 0 Å². The van der Waals surface area contributed by atoms with Crippen LogP contribution in [0.15, 0.2) is 36.5 Å². The summed E-state index contributed by atoms with van der Waals surface area (Å²) in [5, 5.41) is 8.28. The van der Waals surface area contributed by atoms with Gasteiger partial charge in [0.15, 0.2) is 0 Å². The highest BCUT2D eigenvalue weighted by atomic mass is 14.2. The lowest BCUT2D eigenvalue weighted by Crippen LogP contribution is -1.71. The molecule has 0 aromatic rings. The van der Waals surface area contributed by atoms with Gasteiger partial charge in [0.05, 0.1) is 6.07 Å². The van der Waals surface area contributed by atoms with Crippen molar-refractivity contribution in [2.24, 2.45) is 0 Å². The minimum absolute atomic E-state index is 0.683. The smallest absolute Gasteiger partial charge is 0.0621 e. The molecule has 1 nitrogen and oxygen atoms in total. The summed E-state index contributed by atoms with van der Waals surface area (Å²) in [4.78, 5) is 0. The lowest BCUT2D eigenvalue weighted by Gasteiger charge is -1.88. The van der Waals surface area contributed by atoms with E-state index in [1.165, 1.54) is 0 Å². The molecule has 0 N–H and O–H groups in total. The van der Waals surface area contributed by atoms with Crippen LogP contribution in [0.1, 0.15) is 32.6 Å². The second-order valence-corrected chi connectivity index (χ2v) is 2.74. The fraction of sp³-hybridized carbons (Fsp3) is 0.417. The summed E-state index contributed by atoms with van der Waals surface area (Å²) >= 11 is 0. The van der Waals surface area contributed by atoms with E-state index in [-0.39, 0.29) is 0 Å². The highest BCUT2D eigenvalue weighted by molar-refractivity contribution is 5.10. The van der Waals surface area contributed by atoms with E-state index in [9.17, 15) is 0 Å². The molecule has 0 aliphatic heterocycles. The number of nitriles is 1. The Morgan fingerprint density at radius 3 is 2.54 bits per heavy atom. The van der Waals surface area contributed by atoms with Crippen molar-refractivity contribution in [2.45, 2.75) is 32.6 Å². The van der Waals surface area contributed by atoms with Gasteiger partial charge in [-0.3, -0.25) is 0 Å². The third kappa shape index (κ3) is 10.7. The van der Waals surface area contributed by atoms with Crippen molar-refractivity contribution in [1.29, 1.82) is 5.26 Å². The first kappa shape index (κ1) is 11.7. The molecule has 0 amide bonds. The standard InChI is InChI=1S/C12H17N/c1-2-3-4-5-6-7-8-9-10-11-12-13/h2-7H,8-11H2,1H3/b3-2+,5-4+,7-6+. The molecular formula is C12H17N. The predicted molar refractivity (Wildman–Crippen MR) is 57.2 cm³/mol. The van der Waals surface area contributed by atoms with Gasteiger partial charge in [0.2, 0.25) is 0 Å². The molecule has 0 spiro atoms. The molecule has 0 radical (unpaired) electrons. The summed E-state index contributed by atoms with van der Waals surface area (Å²) in [5.74, 6) is 0. The SMILES string of the molecule is C/C=C/C=C/C=C/CCCCC#N. The first-order valence-corrected chi connectivity index (χ1v) is 4.73. The van der Waals surface area contributed by atoms with Crippen LogP contribution in [0.3, 0.4) is 0 Å². The van der Waals surface area contributed by atoms with Gasteiger partial charge in [-0.1, -0.05) is 36.5 Å². The minimum atomic E-state index is 0.683. The Morgan fingerprint density at radius 1 is 1.08 bits per heavy atom. The largest absolute Gasteiger partial charge is 0.198 e. The van der Waals surface area contributed by atoms with Gasteiger partial charge in [-0.05, 0) is 26.2 Å². The van der Waals surface area contributed by atoms with Gasteiger partial charge in [0, 0.05) is 6.42 Å². The van der Waals surface area contributed by atoms with Crippen molar-refractivity contribution in [3.63, 3.8) is 0 Å². The highest BCUT2D eigenvalue weighted by Gasteiger charge is 1.82. The number of hydrogen-bond donors (Lipinski definition) is 0. The zero-order chi connectivity index (χ0) is 9.78. The van der Waals surface area contributed by atoms with Gasteiger partial charge in [0.25, 0.3) is 0 Å². The second kappa shape index (κ2) is 10.7. The Hall–Kier alpha value is -1.29. The van der Waals surface area contributed by atoms with Crippen LogP contribution in [0, 0.1) is 11.3 Å². The Labute approximate surface area is 81.1 Å². The van der Waals surface area contributed by atoms with Crippen LogP contribution < -0.4 is 0 Å². The molecule has 0 unspecified atom stereocenters. The van der Waals surface area contributed by atoms with E-state index < -0.39 is 0 Å². The second-order valence-electron chi connectivity index (χ2n) is 2.74. The van der Waals surface area contributed by atoms with Gasteiger partial charge >= 0.3 is 0 Å². The van der Waals surface area contributed by atoms with E-state index in [0.717, 1.165) is 19.3 Å². The van der Waals surface area contributed by atoms with Gasteiger partial charge in [-0.15, -0.1) is 0 Å². The zero-order valence-electron chi connectivity index (χ0n) is 8.24. The summed E-state index contributed by atoms with van der Waals surface area (Å²) < 4.78 is 0. The molecule has 0 rings (SSSR count). The molecular weight excluding hydrogens is 158 g/mol. The molecule has 0 saturated carbocycles. The molecule has 13 heavy (non-hydrogen) atoms. The maximum Gasteiger partial charge on any atom is 0.0621 e. The molecule has 0 atom stereocenters. The van der Waals surface area contributed by atoms with E-state index in [1.807, 2.05) is 37.3 Å². The normalized spacial score (nSPS) is 11.7. The van der Waals surface area contributed by atoms with Gasteiger partial charge in [-0.2, -0.15) is 5.26 Å². The molecule has 0 bridgehead atoms. The van der Waals surface area contributed by atoms with Crippen molar-refractivity contribution in [2.75, 3.05) is 0 Å². The third-order valence-corrected chi connectivity index (χ3v) is 1.57. The lowest BCUT2D eigenvalue weighted by atomic mass is 10.2. The molecule has 0 aliphatic carbocycles. The Balaban J connectivity index is 3.27. The fourth-order valence-corrected chi connectivity index (χ4v) is 0.880. The summed E-state index contributed by atoms with van der Waals surface area (Å²) in [6.07, 6.45) is 16.1. The van der Waals surface area contributed by atoms with E-state index in [2.05, 4.69) is 12.1 Å². The van der Waals surface area contributed by atoms with Crippen LogP contribution in [-0.4, -0.2) is 0 Å². The van der Waals surface area contributed by atoms with Gasteiger partial charge < -0.3 is 0 Å². The maximum absolute atomic E-state index is 8.28. The average Bonchev–Trinajstić information content (AvgIpc) is 2.16. The summed E-state index contributed by atoms with van der Waals surface area (Å²) in [6, 6.07) is 2.14. The van der Waals surface area contributed by atoms with Crippen molar-refractivity contribution >= 4 is 0 Å². The average molecular weight is 175 g/mol. The summed E-state index contributed by atoms with van der Waals surface area (Å²) in [6.45, 7) is 2.00. The highest BCUT2D eigenvalue weighted by Crippen LogP contribution is 1.99. The number of hydrogen-bond acceptors (Lipinski definition) is 1. The first-order valence-electron chi connectivity index (χ1n) is 4.73. The Bertz CT molecular complexity index is 216. The molecule has 0 aliphatic rings. The van der Waals surface area contributed by atoms with E-state index in [4.69, 9.17) is 5.26 Å². The lowest BCUT2D eigenvalue weighted by molar-refractivity contribution is 0.768. The Kier molecular flexibility index (Phi) is 9.65. The monoisotopic (exact) mass is 175 g/mol. The summed E-state index contributed by atoms with van der Waals surface area (Å²) in [7, 11) is 0. The molecule has 1 heteroatoms. The van der Waals surface area contributed by atoms with Crippen molar-refractivity contribution in [1.82, 2.24) is 0 Å². The molecule has 0 aromatic heterocycles. The molecule has 70 valence electrons. The number of allylic oxidation sites excluding steroid dienone is 6. The van der Waals surface area contributed by atoms with Crippen LogP contribution in [0.25, 0.3) is 0 Å². The fourth-order valence-electron chi connectivity index (χ4n) is 0.880. The van der Waals surface area contributed by atoms with Crippen LogP contribution in [0.4, 0.5) is 0 Å². The number of nitrogens with zero attached hydrogens (tertiary/aromatic N) is 1. The maximum atomic E-state index is 8.28. The van der Waals surface area contributed by atoms with E-state index >= 15 is 0 Å². The number of unbranched alkanes of at least 4 members (excludes halogenated alkanes) is 3. The quantitative estimate of drug-likeness (QED) is 0.445. The zero-order valence-corrected chi connectivity index (χ0v) is 8.24. The van der Waals surface area contributed by atoms with E-state index in [0.29, 0.717) is 6.42 Å².